The van der Waals surface area contributed by atoms with Crippen molar-refractivity contribution in [2.75, 3.05) is 7.11 Å². The lowest BCUT2D eigenvalue weighted by Gasteiger charge is -2.13. The summed E-state index contributed by atoms with van der Waals surface area (Å²) in [5.74, 6) is 1.32. The number of hydrogen-bond acceptors (Lipinski definition) is 2. The molecule has 0 amide bonds. The van der Waals surface area contributed by atoms with Gasteiger partial charge in [0.1, 0.15) is 5.82 Å². The summed E-state index contributed by atoms with van der Waals surface area (Å²) in [4.78, 5) is 4.54. The molecule has 2 aromatic rings. The van der Waals surface area contributed by atoms with E-state index < -0.39 is 0 Å². The lowest BCUT2D eigenvalue weighted by Crippen LogP contribution is -2.16. The highest BCUT2D eigenvalue weighted by Gasteiger charge is 2.12. The molecule has 1 aromatic heterocycles. The Morgan fingerprint density at radius 1 is 1.47 bits per heavy atom. The maximum absolute atomic E-state index is 5.95. The molecule has 0 aliphatic heterocycles. The molecule has 17 heavy (non-hydrogen) atoms. The van der Waals surface area contributed by atoms with Crippen molar-refractivity contribution in [2.45, 2.75) is 32.4 Å². The van der Waals surface area contributed by atoms with Crippen molar-refractivity contribution in [3.05, 3.63) is 29.6 Å². The topological polar surface area (TPSA) is 27.1 Å². The first-order valence-electron chi connectivity index (χ1n) is 5.70. The van der Waals surface area contributed by atoms with Crippen LogP contribution >= 0.6 is 11.6 Å². The highest BCUT2D eigenvalue weighted by Crippen LogP contribution is 2.19. The third-order valence-electron chi connectivity index (χ3n) is 2.94. The maximum Gasteiger partial charge on any atom is 0.124 e. The van der Waals surface area contributed by atoms with E-state index in [9.17, 15) is 0 Å². The smallest absolute Gasteiger partial charge is 0.124 e. The first-order chi connectivity index (χ1) is 8.15. The van der Waals surface area contributed by atoms with Crippen molar-refractivity contribution < 1.29 is 4.74 Å². The number of methoxy groups -OCH3 is 1. The maximum atomic E-state index is 5.95. The van der Waals surface area contributed by atoms with E-state index >= 15 is 0 Å². The predicted octanol–water partition coefficient (Wildman–Crippen LogP) is 3.12. The van der Waals surface area contributed by atoms with Crippen LogP contribution in [0.2, 0.25) is 0 Å². The van der Waals surface area contributed by atoms with E-state index in [4.69, 9.17) is 16.3 Å². The summed E-state index contributed by atoms with van der Waals surface area (Å²) in [7, 11) is 1.72. The summed E-state index contributed by atoms with van der Waals surface area (Å²) in [6.07, 6.45) is 0.148. The SMILES string of the molecule is COC(C)Cn1c(CCl)nc2ccc(C)cc21. The van der Waals surface area contributed by atoms with Crippen LogP contribution in [0, 0.1) is 6.92 Å². The zero-order valence-electron chi connectivity index (χ0n) is 10.4. The largest absolute Gasteiger partial charge is 0.380 e. The van der Waals surface area contributed by atoms with Crippen LogP contribution in [-0.2, 0) is 17.2 Å². The number of benzene rings is 1. The fraction of sp³-hybridized carbons (Fsp3) is 0.462. The Bertz CT molecular complexity index is 521. The molecule has 1 unspecified atom stereocenters. The van der Waals surface area contributed by atoms with Crippen molar-refractivity contribution in [2.24, 2.45) is 0 Å². The number of fused-ring (bicyclic) bond motifs is 1. The third-order valence-corrected chi connectivity index (χ3v) is 3.18. The van der Waals surface area contributed by atoms with Crippen molar-refractivity contribution in [1.29, 1.82) is 0 Å². The quantitative estimate of drug-likeness (QED) is 0.782. The highest BCUT2D eigenvalue weighted by atomic mass is 35.5. The molecule has 2 rings (SSSR count). The van der Waals surface area contributed by atoms with Crippen LogP contribution in [0.5, 0.6) is 0 Å². The minimum absolute atomic E-state index is 0.148. The van der Waals surface area contributed by atoms with Crippen LogP contribution in [0.1, 0.15) is 18.3 Å². The van der Waals surface area contributed by atoms with Gasteiger partial charge in [-0.15, -0.1) is 11.6 Å². The highest BCUT2D eigenvalue weighted by molar-refractivity contribution is 6.16. The van der Waals surface area contributed by atoms with E-state index in [-0.39, 0.29) is 6.10 Å². The minimum Gasteiger partial charge on any atom is -0.380 e. The summed E-state index contributed by atoms with van der Waals surface area (Å²) in [5, 5.41) is 0. The Labute approximate surface area is 106 Å². The minimum atomic E-state index is 0.148. The van der Waals surface area contributed by atoms with Gasteiger partial charge in [0.25, 0.3) is 0 Å². The average molecular weight is 253 g/mol. The Balaban J connectivity index is 2.52. The van der Waals surface area contributed by atoms with Crippen molar-refractivity contribution >= 4 is 22.6 Å². The number of imidazole rings is 1. The van der Waals surface area contributed by atoms with Gasteiger partial charge in [0, 0.05) is 7.11 Å². The molecule has 0 saturated heterocycles. The fourth-order valence-corrected chi connectivity index (χ4v) is 2.12. The first kappa shape index (κ1) is 12.4. The van der Waals surface area contributed by atoms with E-state index in [0.29, 0.717) is 5.88 Å². The van der Waals surface area contributed by atoms with E-state index in [1.807, 2.05) is 13.0 Å². The van der Waals surface area contributed by atoms with Crippen molar-refractivity contribution in [1.82, 2.24) is 9.55 Å². The summed E-state index contributed by atoms with van der Waals surface area (Å²) in [6.45, 7) is 4.90. The Kier molecular flexibility index (Phi) is 3.69. The van der Waals surface area contributed by atoms with Crippen molar-refractivity contribution in [3.8, 4) is 0 Å². The van der Waals surface area contributed by atoms with Crippen LogP contribution in [0.4, 0.5) is 0 Å². The Hall–Kier alpha value is -1.06. The summed E-state index contributed by atoms with van der Waals surface area (Å²) < 4.78 is 7.45. The molecule has 1 aromatic carbocycles. The molecule has 0 fully saturated rings. The summed E-state index contributed by atoms with van der Waals surface area (Å²) in [5.41, 5.74) is 3.35. The van der Waals surface area contributed by atoms with Gasteiger partial charge in [-0.1, -0.05) is 6.07 Å². The Morgan fingerprint density at radius 2 is 2.24 bits per heavy atom. The van der Waals surface area contributed by atoms with E-state index in [1.54, 1.807) is 7.11 Å². The average Bonchev–Trinajstić information content (AvgIpc) is 2.67. The first-order valence-corrected chi connectivity index (χ1v) is 6.23. The van der Waals surface area contributed by atoms with Crippen LogP contribution < -0.4 is 0 Å². The van der Waals surface area contributed by atoms with Gasteiger partial charge in [0.2, 0.25) is 0 Å². The molecule has 0 aliphatic rings. The van der Waals surface area contributed by atoms with Gasteiger partial charge in [-0.2, -0.15) is 0 Å². The summed E-state index contributed by atoms with van der Waals surface area (Å²) >= 11 is 5.95. The molecular weight excluding hydrogens is 236 g/mol. The molecule has 3 nitrogen and oxygen atoms in total. The molecule has 0 N–H and O–H groups in total. The standard InChI is InChI=1S/C13H17ClN2O/c1-9-4-5-11-12(6-9)16(8-10(2)17-3)13(7-14)15-11/h4-6,10H,7-8H2,1-3H3. The lowest BCUT2D eigenvalue weighted by molar-refractivity contribution is 0.103. The summed E-state index contributed by atoms with van der Waals surface area (Å²) in [6, 6.07) is 6.24. The van der Waals surface area contributed by atoms with E-state index in [1.165, 1.54) is 5.56 Å². The second kappa shape index (κ2) is 5.07. The number of hydrogen-bond donors (Lipinski definition) is 0. The van der Waals surface area contributed by atoms with Gasteiger partial charge < -0.3 is 9.30 Å². The van der Waals surface area contributed by atoms with Crippen LogP contribution in [0.3, 0.4) is 0 Å². The number of aromatic nitrogens is 2. The van der Waals surface area contributed by atoms with Crippen molar-refractivity contribution in [3.63, 3.8) is 0 Å². The van der Waals surface area contributed by atoms with E-state index in [2.05, 4.69) is 28.6 Å². The Morgan fingerprint density at radius 3 is 2.88 bits per heavy atom. The van der Waals surface area contributed by atoms with Gasteiger partial charge in [-0.05, 0) is 31.5 Å². The number of nitrogens with zero attached hydrogens (tertiary/aromatic N) is 2. The second-order valence-electron chi connectivity index (χ2n) is 4.31. The molecule has 1 heterocycles. The van der Waals surface area contributed by atoms with E-state index in [0.717, 1.165) is 23.4 Å². The van der Waals surface area contributed by atoms with Gasteiger partial charge in [-0.25, -0.2) is 4.98 Å². The monoisotopic (exact) mass is 252 g/mol. The number of halogens is 1. The molecule has 0 saturated carbocycles. The lowest BCUT2D eigenvalue weighted by atomic mass is 10.2. The van der Waals surface area contributed by atoms with Gasteiger partial charge >= 0.3 is 0 Å². The number of rotatable bonds is 4. The van der Waals surface area contributed by atoms with Crippen LogP contribution in [-0.4, -0.2) is 22.8 Å². The molecule has 0 radical (unpaired) electrons. The normalized spacial score (nSPS) is 13.2. The number of aryl methyl sites for hydroxylation is 1. The third kappa shape index (κ3) is 2.45. The van der Waals surface area contributed by atoms with Gasteiger partial charge in [0.05, 0.1) is 29.6 Å². The fourth-order valence-electron chi connectivity index (χ4n) is 1.92. The van der Waals surface area contributed by atoms with Gasteiger partial charge in [-0.3, -0.25) is 0 Å². The second-order valence-corrected chi connectivity index (χ2v) is 4.58. The molecule has 92 valence electrons. The molecule has 4 heteroatoms. The molecule has 0 spiro atoms. The predicted molar refractivity (Wildman–Crippen MR) is 70.5 cm³/mol. The number of alkyl halides is 1. The molecular formula is C13H17ClN2O. The molecule has 1 atom stereocenters. The van der Waals surface area contributed by atoms with Gasteiger partial charge in [0.15, 0.2) is 0 Å². The van der Waals surface area contributed by atoms with Crippen LogP contribution in [0.15, 0.2) is 18.2 Å². The molecule has 0 aliphatic carbocycles. The van der Waals surface area contributed by atoms with Crippen LogP contribution in [0.25, 0.3) is 11.0 Å². The molecule has 0 bridgehead atoms. The zero-order chi connectivity index (χ0) is 12.4. The number of ether oxygens (including phenoxy) is 1. The zero-order valence-corrected chi connectivity index (χ0v) is 11.2.